The topological polar surface area (TPSA) is 25.8 Å². The summed E-state index contributed by atoms with van der Waals surface area (Å²) in [5, 5.41) is 6.46. The molecule has 0 aliphatic rings. The van der Waals surface area contributed by atoms with Gasteiger partial charge in [-0.2, -0.15) is 0 Å². The van der Waals surface area contributed by atoms with Gasteiger partial charge in [0, 0.05) is 11.6 Å². The van der Waals surface area contributed by atoms with Crippen molar-refractivity contribution in [2.45, 2.75) is 5.03 Å². The number of aromatic nitrogens is 2. The molecule has 0 fully saturated rings. The predicted molar refractivity (Wildman–Crippen MR) is 31.1 cm³/mol. The summed E-state index contributed by atoms with van der Waals surface area (Å²) >= 11 is 2.70. The Kier molecular flexibility index (Phi) is 1.64. The molecule has 0 saturated carbocycles. The van der Waals surface area contributed by atoms with E-state index in [0.29, 0.717) is 0 Å². The average Bonchev–Trinajstić information content (AvgIpc) is 2.14. The third-order valence-electron chi connectivity index (χ3n) is 0.488. The van der Waals surface area contributed by atoms with E-state index in [1.54, 1.807) is 0 Å². The number of hydrogen-bond acceptors (Lipinski definition) is 4. The largest absolute Gasteiger partial charge is 0.132 e. The molecule has 0 amide bonds. The SMILES string of the molecule is [CH2]Sc1csnn1. The molecule has 1 radical (unpaired) electrons. The Morgan fingerprint density at radius 3 is 3.00 bits per heavy atom. The van der Waals surface area contributed by atoms with Crippen molar-refractivity contribution in [1.29, 1.82) is 0 Å². The molecule has 1 aromatic rings. The minimum absolute atomic E-state index is 0.894. The molecule has 0 N–H and O–H groups in total. The van der Waals surface area contributed by atoms with Gasteiger partial charge in [0.15, 0.2) is 0 Å². The Balaban J connectivity index is 2.76. The molecule has 0 saturated heterocycles. The van der Waals surface area contributed by atoms with Gasteiger partial charge in [0.25, 0.3) is 0 Å². The standard InChI is InChI=1S/C3H3N2S2/c1-6-3-2-7-5-4-3/h2H,1H2. The molecule has 1 heterocycles. The lowest BCUT2D eigenvalue weighted by Crippen LogP contribution is -1.63. The smallest absolute Gasteiger partial charge is 0.131 e. The van der Waals surface area contributed by atoms with Crippen LogP contribution in [0.2, 0.25) is 0 Å². The average molecular weight is 131 g/mol. The van der Waals surface area contributed by atoms with Crippen LogP contribution in [0.1, 0.15) is 0 Å². The van der Waals surface area contributed by atoms with Crippen molar-refractivity contribution in [3.8, 4) is 0 Å². The fourth-order valence-electron chi connectivity index (χ4n) is 0.219. The van der Waals surface area contributed by atoms with Gasteiger partial charge in [-0.05, 0) is 11.5 Å². The number of hydrogen-bond donors (Lipinski definition) is 0. The van der Waals surface area contributed by atoms with Crippen molar-refractivity contribution >= 4 is 23.3 Å². The van der Waals surface area contributed by atoms with Crippen LogP contribution in [-0.4, -0.2) is 9.59 Å². The number of rotatable bonds is 1. The van der Waals surface area contributed by atoms with Crippen molar-refractivity contribution in [3.63, 3.8) is 0 Å². The van der Waals surface area contributed by atoms with Crippen LogP contribution in [0.15, 0.2) is 10.4 Å². The van der Waals surface area contributed by atoms with Gasteiger partial charge in [-0.3, -0.25) is 0 Å². The molecule has 0 aliphatic heterocycles. The molecular weight excluding hydrogens is 128 g/mol. The van der Waals surface area contributed by atoms with Crippen molar-refractivity contribution in [3.05, 3.63) is 11.6 Å². The lowest BCUT2D eigenvalue weighted by molar-refractivity contribution is 1.04. The van der Waals surface area contributed by atoms with Crippen LogP contribution in [-0.2, 0) is 0 Å². The van der Waals surface area contributed by atoms with Crippen molar-refractivity contribution in [1.82, 2.24) is 9.59 Å². The van der Waals surface area contributed by atoms with Gasteiger partial charge in [0.2, 0.25) is 0 Å². The molecule has 0 unspecified atom stereocenters. The molecule has 0 aromatic carbocycles. The van der Waals surface area contributed by atoms with Gasteiger partial charge in [-0.25, -0.2) is 0 Å². The highest BCUT2D eigenvalue weighted by Crippen LogP contribution is 2.11. The Labute approximate surface area is 50.1 Å². The van der Waals surface area contributed by atoms with Gasteiger partial charge in [-0.1, -0.05) is 4.49 Å². The fourth-order valence-corrected chi connectivity index (χ4v) is 1.09. The van der Waals surface area contributed by atoms with E-state index < -0.39 is 0 Å². The fraction of sp³-hybridized carbons (Fsp3) is 0. The first-order chi connectivity index (χ1) is 3.43. The van der Waals surface area contributed by atoms with E-state index in [1.807, 2.05) is 5.38 Å². The van der Waals surface area contributed by atoms with E-state index >= 15 is 0 Å². The van der Waals surface area contributed by atoms with E-state index in [0.717, 1.165) is 5.03 Å². The van der Waals surface area contributed by atoms with Gasteiger partial charge in [0.1, 0.15) is 5.03 Å². The van der Waals surface area contributed by atoms with Gasteiger partial charge in [0.05, 0.1) is 0 Å². The van der Waals surface area contributed by atoms with Crippen LogP contribution >= 0.6 is 23.3 Å². The summed E-state index contributed by atoms with van der Waals surface area (Å²) in [4.78, 5) is 0. The molecule has 0 bridgehead atoms. The first-order valence-electron chi connectivity index (χ1n) is 1.62. The normalized spacial score (nSPS) is 9.29. The maximum absolute atomic E-state index is 3.70. The van der Waals surface area contributed by atoms with E-state index in [9.17, 15) is 0 Å². The Morgan fingerprint density at radius 2 is 2.71 bits per heavy atom. The Morgan fingerprint density at radius 1 is 1.86 bits per heavy atom. The van der Waals surface area contributed by atoms with Crippen LogP contribution in [0.3, 0.4) is 0 Å². The molecule has 1 rings (SSSR count). The van der Waals surface area contributed by atoms with Crippen LogP contribution in [0.4, 0.5) is 0 Å². The highest BCUT2D eigenvalue weighted by molar-refractivity contribution is 8.00. The van der Waals surface area contributed by atoms with E-state index in [1.165, 1.54) is 23.3 Å². The second kappa shape index (κ2) is 2.28. The second-order valence-corrected chi connectivity index (χ2v) is 2.20. The maximum Gasteiger partial charge on any atom is 0.131 e. The quantitative estimate of drug-likeness (QED) is 0.539. The molecule has 0 atom stereocenters. The second-order valence-electron chi connectivity index (χ2n) is 0.887. The highest BCUT2D eigenvalue weighted by Gasteiger charge is 1.87. The van der Waals surface area contributed by atoms with Gasteiger partial charge >= 0.3 is 0 Å². The maximum atomic E-state index is 3.70. The van der Waals surface area contributed by atoms with E-state index in [2.05, 4.69) is 15.8 Å². The zero-order chi connectivity index (χ0) is 5.11. The summed E-state index contributed by atoms with van der Waals surface area (Å²) in [5.74, 6) is 0. The van der Waals surface area contributed by atoms with Crippen LogP contribution in [0, 0.1) is 6.26 Å². The summed E-state index contributed by atoms with van der Waals surface area (Å²) in [6.07, 6.45) is 3.55. The van der Waals surface area contributed by atoms with Gasteiger partial charge < -0.3 is 0 Å². The third kappa shape index (κ3) is 1.14. The molecule has 1 aromatic heterocycles. The summed E-state index contributed by atoms with van der Waals surface area (Å²) in [5.41, 5.74) is 0. The number of nitrogens with zero attached hydrogens (tertiary/aromatic N) is 2. The molecule has 0 aliphatic carbocycles. The Bertz CT molecular complexity index is 125. The minimum atomic E-state index is 0.894. The molecule has 7 heavy (non-hydrogen) atoms. The highest BCUT2D eigenvalue weighted by atomic mass is 32.2. The lowest BCUT2D eigenvalue weighted by atomic mass is 11.0. The van der Waals surface area contributed by atoms with Crippen LogP contribution in [0.25, 0.3) is 0 Å². The molecular formula is C3H3N2S2. The number of thioether (sulfide) groups is 1. The first-order valence-corrected chi connectivity index (χ1v) is 3.45. The molecule has 0 spiro atoms. The zero-order valence-corrected chi connectivity index (χ0v) is 5.13. The monoisotopic (exact) mass is 131 g/mol. The van der Waals surface area contributed by atoms with E-state index in [4.69, 9.17) is 0 Å². The van der Waals surface area contributed by atoms with Crippen molar-refractivity contribution in [2.75, 3.05) is 0 Å². The van der Waals surface area contributed by atoms with Gasteiger partial charge in [-0.15, -0.1) is 16.9 Å². The predicted octanol–water partition coefficient (Wildman–Crippen LogP) is 1.42. The lowest BCUT2D eigenvalue weighted by Gasteiger charge is -1.74. The van der Waals surface area contributed by atoms with Crippen molar-refractivity contribution < 1.29 is 0 Å². The van der Waals surface area contributed by atoms with Crippen LogP contribution < -0.4 is 0 Å². The Hall–Kier alpha value is -0.0900. The summed E-state index contributed by atoms with van der Waals surface area (Å²) in [6.45, 7) is 0. The molecule has 4 heteroatoms. The molecule has 2 nitrogen and oxygen atoms in total. The molecule has 37 valence electrons. The first kappa shape index (κ1) is 5.05. The summed E-state index contributed by atoms with van der Waals surface area (Å²) < 4.78 is 3.62. The minimum Gasteiger partial charge on any atom is -0.132 e. The van der Waals surface area contributed by atoms with Crippen LogP contribution in [0.5, 0.6) is 0 Å². The summed E-state index contributed by atoms with van der Waals surface area (Å²) in [6, 6.07) is 0. The summed E-state index contributed by atoms with van der Waals surface area (Å²) in [7, 11) is 0. The zero-order valence-electron chi connectivity index (χ0n) is 3.50. The van der Waals surface area contributed by atoms with E-state index in [-0.39, 0.29) is 0 Å². The van der Waals surface area contributed by atoms with Crippen molar-refractivity contribution in [2.24, 2.45) is 0 Å². The third-order valence-corrected chi connectivity index (χ3v) is 1.64.